The first-order valence-corrected chi connectivity index (χ1v) is 4.80. The van der Waals surface area contributed by atoms with Crippen LogP contribution in [0.2, 0.25) is 0 Å². The topological polar surface area (TPSA) is 63.6 Å². The molecule has 0 fully saturated rings. The molecular weight excluding hydrogens is 234 g/mol. The van der Waals surface area contributed by atoms with E-state index in [1.807, 2.05) is 0 Å². The zero-order chi connectivity index (χ0) is 13.0. The molecule has 0 heterocycles. The first-order chi connectivity index (χ1) is 8.01. The molecule has 1 N–H and O–H groups in total. The molecule has 0 saturated heterocycles. The van der Waals surface area contributed by atoms with Crippen LogP contribution in [0.1, 0.15) is 28.9 Å². The molecule has 0 saturated carbocycles. The molecule has 1 rings (SSSR count). The van der Waals surface area contributed by atoms with E-state index in [1.165, 1.54) is 6.92 Å². The van der Waals surface area contributed by atoms with Crippen molar-refractivity contribution in [2.75, 3.05) is 6.61 Å². The summed E-state index contributed by atoms with van der Waals surface area (Å²) in [5.41, 5.74) is -0.623. The summed E-state index contributed by atoms with van der Waals surface area (Å²) in [6.07, 6.45) is -1.59. The number of carbonyl (C=O) groups is 2. The third-order valence-corrected chi connectivity index (χ3v) is 2.06. The number of aliphatic hydroxyl groups excluding tert-OH is 1. The fraction of sp³-hybridized carbons (Fsp3) is 0.273. The number of carbonyl (C=O) groups excluding carboxylic acids is 2. The Morgan fingerprint density at radius 1 is 1.47 bits per heavy atom. The number of ether oxygens (including phenoxy) is 1. The largest absolute Gasteiger partial charge is 0.464 e. The van der Waals surface area contributed by atoms with Crippen LogP contribution >= 0.6 is 0 Å². The van der Waals surface area contributed by atoms with E-state index in [9.17, 15) is 23.5 Å². The van der Waals surface area contributed by atoms with E-state index in [-0.39, 0.29) is 24.0 Å². The highest BCUT2D eigenvalue weighted by Crippen LogP contribution is 2.21. The zero-order valence-corrected chi connectivity index (χ0v) is 8.94. The third kappa shape index (κ3) is 2.85. The molecule has 0 radical (unpaired) electrons. The lowest BCUT2D eigenvalue weighted by atomic mass is 10.0. The van der Waals surface area contributed by atoms with Crippen molar-refractivity contribution in [3.8, 4) is 0 Å². The number of aldehydes is 1. The molecule has 0 aromatic heterocycles. The van der Waals surface area contributed by atoms with E-state index in [0.717, 1.165) is 0 Å². The lowest BCUT2D eigenvalue weighted by Gasteiger charge is -2.12. The number of hydrogen-bond donors (Lipinski definition) is 1. The van der Waals surface area contributed by atoms with Crippen LogP contribution < -0.4 is 0 Å². The Balaban J connectivity index is 3.16. The molecule has 1 aromatic rings. The van der Waals surface area contributed by atoms with Crippen LogP contribution in [0, 0.1) is 11.6 Å². The first-order valence-electron chi connectivity index (χ1n) is 4.80. The van der Waals surface area contributed by atoms with Gasteiger partial charge in [-0.15, -0.1) is 0 Å². The first kappa shape index (κ1) is 13.2. The molecule has 4 nitrogen and oxygen atoms in total. The monoisotopic (exact) mass is 244 g/mol. The van der Waals surface area contributed by atoms with Crippen LogP contribution in [0.4, 0.5) is 8.78 Å². The zero-order valence-electron chi connectivity index (χ0n) is 8.94. The van der Waals surface area contributed by atoms with Gasteiger partial charge in [0, 0.05) is 11.1 Å². The number of halogens is 2. The molecule has 0 amide bonds. The second-order valence-electron chi connectivity index (χ2n) is 3.17. The minimum atomic E-state index is -1.81. The highest BCUT2D eigenvalue weighted by atomic mass is 19.2. The van der Waals surface area contributed by atoms with E-state index < -0.39 is 23.7 Å². The van der Waals surface area contributed by atoms with Crippen molar-refractivity contribution in [1.29, 1.82) is 0 Å². The molecule has 1 unspecified atom stereocenters. The highest BCUT2D eigenvalue weighted by molar-refractivity contribution is 5.83. The Morgan fingerprint density at radius 2 is 2.06 bits per heavy atom. The molecular formula is C11H10F2O4. The Hall–Kier alpha value is -1.82. The maximum Gasteiger partial charge on any atom is 0.339 e. The van der Waals surface area contributed by atoms with Crippen molar-refractivity contribution in [1.82, 2.24) is 0 Å². The van der Waals surface area contributed by atoms with E-state index in [0.29, 0.717) is 12.1 Å². The Kier molecular flexibility index (Phi) is 4.28. The van der Waals surface area contributed by atoms with Crippen molar-refractivity contribution in [3.63, 3.8) is 0 Å². The van der Waals surface area contributed by atoms with Gasteiger partial charge in [0.15, 0.2) is 24.0 Å². The number of aliphatic hydroxyl groups is 1. The van der Waals surface area contributed by atoms with E-state index >= 15 is 0 Å². The Bertz CT molecular complexity index is 445. The van der Waals surface area contributed by atoms with Crippen molar-refractivity contribution in [3.05, 3.63) is 34.9 Å². The average molecular weight is 244 g/mol. The summed E-state index contributed by atoms with van der Waals surface area (Å²) >= 11 is 0. The van der Waals surface area contributed by atoms with Gasteiger partial charge in [-0.2, -0.15) is 0 Å². The molecule has 6 heteroatoms. The molecule has 92 valence electrons. The second-order valence-corrected chi connectivity index (χ2v) is 3.17. The normalized spacial score (nSPS) is 12.0. The highest BCUT2D eigenvalue weighted by Gasteiger charge is 2.23. The molecule has 0 spiro atoms. The van der Waals surface area contributed by atoms with Crippen LogP contribution in [-0.2, 0) is 9.53 Å². The van der Waals surface area contributed by atoms with E-state index in [4.69, 9.17) is 0 Å². The number of rotatable bonds is 4. The summed E-state index contributed by atoms with van der Waals surface area (Å²) in [6.45, 7) is 1.55. The standard InChI is InChI=1S/C11H10F2O4/c1-2-17-11(16)10(15)7-4-9(13)8(12)3-6(7)5-14/h3-5,10,15H,2H2,1H3. The second kappa shape index (κ2) is 5.49. The van der Waals surface area contributed by atoms with Gasteiger partial charge < -0.3 is 9.84 Å². The lowest BCUT2D eigenvalue weighted by Crippen LogP contribution is -2.17. The smallest absolute Gasteiger partial charge is 0.339 e. The van der Waals surface area contributed by atoms with Crippen LogP contribution in [0.5, 0.6) is 0 Å². The van der Waals surface area contributed by atoms with Gasteiger partial charge in [0.25, 0.3) is 0 Å². The fourth-order valence-electron chi connectivity index (χ4n) is 1.26. The lowest BCUT2D eigenvalue weighted by molar-refractivity contribution is -0.153. The van der Waals surface area contributed by atoms with Crippen LogP contribution in [-0.4, -0.2) is 24.0 Å². The molecule has 0 aliphatic rings. The maximum absolute atomic E-state index is 13.0. The van der Waals surface area contributed by atoms with Crippen LogP contribution in [0.25, 0.3) is 0 Å². The van der Waals surface area contributed by atoms with Crippen molar-refractivity contribution in [2.45, 2.75) is 13.0 Å². The summed E-state index contributed by atoms with van der Waals surface area (Å²) in [4.78, 5) is 21.8. The molecule has 0 bridgehead atoms. The minimum Gasteiger partial charge on any atom is -0.464 e. The Morgan fingerprint density at radius 3 is 2.59 bits per heavy atom. The van der Waals surface area contributed by atoms with Gasteiger partial charge in [0.05, 0.1) is 6.61 Å². The predicted octanol–water partition coefficient (Wildman–Crippen LogP) is 1.37. The van der Waals surface area contributed by atoms with Crippen molar-refractivity contribution in [2.24, 2.45) is 0 Å². The Labute approximate surface area is 95.8 Å². The van der Waals surface area contributed by atoms with Gasteiger partial charge in [0.2, 0.25) is 0 Å². The summed E-state index contributed by atoms with van der Waals surface area (Å²) in [5.74, 6) is -3.51. The van der Waals surface area contributed by atoms with Gasteiger partial charge in [-0.05, 0) is 19.1 Å². The van der Waals surface area contributed by atoms with Gasteiger partial charge in [0.1, 0.15) is 0 Å². The molecule has 0 aliphatic carbocycles. The predicted molar refractivity (Wildman–Crippen MR) is 53.3 cm³/mol. The molecule has 0 aliphatic heterocycles. The van der Waals surface area contributed by atoms with Gasteiger partial charge in [-0.3, -0.25) is 4.79 Å². The van der Waals surface area contributed by atoms with Crippen molar-refractivity contribution < 1.29 is 28.2 Å². The number of esters is 1. The van der Waals surface area contributed by atoms with Gasteiger partial charge >= 0.3 is 5.97 Å². The van der Waals surface area contributed by atoms with Crippen LogP contribution in [0.15, 0.2) is 12.1 Å². The fourth-order valence-corrected chi connectivity index (χ4v) is 1.26. The summed E-state index contributed by atoms with van der Waals surface area (Å²) in [7, 11) is 0. The maximum atomic E-state index is 13.0. The molecule has 1 atom stereocenters. The summed E-state index contributed by atoms with van der Waals surface area (Å²) in [5, 5.41) is 9.52. The third-order valence-electron chi connectivity index (χ3n) is 2.06. The average Bonchev–Trinajstić information content (AvgIpc) is 2.31. The van der Waals surface area contributed by atoms with Crippen molar-refractivity contribution >= 4 is 12.3 Å². The van der Waals surface area contributed by atoms with Gasteiger partial charge in [-0.1, -0.05) is 0 Å². The van der Waals surface area contributed by atoms with Crippen LogP contribution in [0.3, 0.4) is 0 Å². The molecule has 17 heavy (non-hydrogen) atoms. The quantitative estimate of drug-likeness (QED) is 0.641. The van der Waals surface area contributed by atoms with Gasteiger partial charge in [-0.25, -0.2) is 13.6 Å². The SMILES string of the molecule is CCOC(=O)C(O)c1cc(F)c(F)cc1C=O. The number of benzene rings is 1. The summed E-state index contributed by atoms with van der Waals surface area (Å²) in [6, 6.07) is 1.21. The van der Waals surface area contributed by atoms with E-state index in [1.54, 1.807) is 0 Å². The van der Waals surface area contributed by atoms with E-state index in [2.05, 4.69) is 4.74 Å². The number of hydrogen-bond acceptors (Lipinski definition) is 4. The summed E-state index contributed by atoms with van der Waals surface area (Å²) < 4.78 is 30.3. The molecule has 1 aromatic carbocycles. The minimum absolute atomic E-state index is 0.0238.